The van der Waals surface area contributed by atoms with Crippen LogP contribution in [0.1, 0.15) is 5.56 Å². The van der Waals surface area contributed by atoms with E-state index >= 15 is 0 Å². The van der Waals surface area contributed by atoms with E-state index in [4.69, 9.17) is 27.6 Å². The number of nitrogens with one attached hydrogen (secondary N) is 2. The predicted molar refractivity (Wildman–Crippen MR) is 111 cm³/mol. The first-order chi connectivity index (χ1) is 13.7. The molecule has 3 rings (SSSR count). The van der Waals surface area contributed by atoms with E-state index in [1.807, 2.05) is 5.53 Å². The molecule has 0 saturated carbocycles. The average molecular weight is 438 g/mol. The van der Waals surface area contributed by atoms with Crippen molar-refractivity contribution in [1.29, 1.82) is 0 Å². The molecule has 3 aromatic rings. The Labute approximate surface area is 169 Å². The number of aromatic amines is 1. The second kappa shape index (κ2) is 7.74. The van der Waals surface area contributed by atoms with Crippen molar-refractivity contribution in [3.8, 4) is 11.1 Å². The van der Waals surface area contributed by atoms with Crippen molar-refractivity contribution in [2.24, 2.45) is 27.0 Å². The van der Waals surface area contributed by atoms with Crippen LogP contribution >= 0.6 is 12.1 Å². The number of primary sulfonamides is 1. The Balaban J connectivity index is 2.49. The van der Waals surface area contributed by atoms with Crippen molar-refractivity contribution < 1.29 is 13.6 Å². The minimum Gasteiger partial charge on any atom is -0.382 e. The standard InChI is InChI=1S/C14H18N10O3S2/c15-13(22-23-17)10-6(7-2-1-3-8-11(7)21-14(16)20-8)4-5-9(29(19,26)27)12(10)24(25)28-18/h1-5,23,25H,17-18H2,(H2,15,22)(H3,16,20,21)(H2,19,26,27). The van der Waals surface area contributed by atoms with Crippen LogP contribution < -0.4 is 37.6 Å². The van der Waals surface area contributed by atoms with Crippen molar-refractivity contribution in [3.63, 3.8) is 0 Å². The summed E-state index contributed by atoms with van der Waals surface area (Å²) in [6.45, 7) is 0. The summed E-state index contributed by atoms with van der Waals surface area (Å²) >= 11 is 0.334. The molecule has 0 radical (unpaired) electrons. The second-order valence-electron chi connectivity index (χ2n) is 5.71. The van der Waals surface area contributed by atoms with E-state index in [-0.39, 0.29) is 23.0 Å². The van der Waals surface area contributed by atoms with Crippen LogP contribution in [0, 0.1) is 0 Å². The minimum absolute atomic E-state index is 0.00370. The molecule has 0 bridgehead atoms. The number of para-hydroxylation sites is 1. The number of nitrogens with zero attached hydrogens (tertiary/aromatic N) is 3. The summed E-state index contributed by atoms with van der Waals surface area (Å²) in [4.78, 5) is 6.72. The number of nitrogen functional groups attached to an aromatic ring is 1. The molecule has 0 unspecified atom stereocenters. The largest absolute Gasteiger partial charge is 0.382 e. The van der Waals surface area contributed by atoms with E-state index in [9.17, 15) is 13.6 Å². The van der Waals surface area contributed by atoms with Crippen LogP contribution in [0.15, 0.2) is 40.3 Å². The Hall–Kier alpha value is -3.08. The van der Waals surface area contributed by atoms with Crippen molar-refractivity contribution in [1.82, 2.24) is 15.5 Å². The van der Waals surface area contributed by atoms with E-state index in [1.165, 1.54) is 12.1 Å². The van der Waals surface area contributed by atoms with Gasteiger partial charge in [0.25, 0.3) is 0 Å². The molecule has 1 heterocycles. The molecule has 0 fully saturated rings. The number of rotatable bonds is 6. The Bertz CT molecular complexity index is 1210. The zero-order chi connectivity index (χ0) is 21.3. The number of sulfonamides is 1. The van der Waals surface area contributed by atoms with Gasteiger partial charge in [0.1, 0.15) is 10.6 Å². The van der Waals surface area contributed by atoms with Gasteiger partial charge in [0.05, 0.1) is 28.7 Å². The molecule has 0 spiro atoms. The van der Waals surface area contributed by atoms with Gasteiger partial charge in [-0.15, -0.1) is 5.10 Å². The Kier molecular flexibility index (Phi) is 5.51. The normalized spacial score (nSPS) is 12.3. The third kappa shape index (κ3) is 3.77. The number of amidine groups is 1. The fraction of sp³-hybridized carbons (Fsp3) is 0. The van der Waals surface area contributed by atoms with Gasteiger partial charge in [-0.3, -0.25) is 10.3 Å². The van der Waals surface area contributed by atoms with Crippen LogP contribution in [-0.2, 0) is 10.0 Å². The SMILES string of the molecule is NN/N=C(\N)c1c(-c2cccc3[nH]c(N)nc23)ccc(S(N)(=O)=O)c1N(O)SN. The first-order valence-corrected chi connectivity index (χ1v) is 10.2. The number of hydrazine groups is 1. The summed E-state index contributed by atoms with van der Waals surface area (Å²) in [6.07, 6.45) is 0. The molecule has 29 heavy (non-hydrogen) atoms. The average Bonchev–Trinajstić information content (AvgIpc) is 3.05. The van der Waals surface area contributed by atoms with E-state index < -0.39 is 14.9 Å². The minimum atomic E-state index is -4.27. The van der Waals surface area contributed by atoms with Crippen molar-refractivity contribution in [3.05, 3.63) is 35.9 Å². The number of hydrazone groups is 1. The lowest BCUT2D eigenvalue weighted by Crippen LogP contribution is -2.28. The molecule has 13 nitrogen and oxygen atoms in total. The van der Waals surface area contributed by atoms with Crippen molar-refractivity contribution >= 4 is 50.7 Å². The number of anilines is 2. The molecular formula is C14H18N10O3S2. The summed E-state index contributed by atoms with van der Waals surface area (Å²) in [5, 5.41) is 24.8. The lowest BCUT2D eigenvalue weighted by molar-refractivity contribution is 0.329. The summed E-state index contributed by atoms with van der Waals surface area (Å²) in [7, 11) is -4.27. The van der Waals surface area contributed by atoms with Gasteiger partial charge >= 0.3 is 0 Å². The van der Waals surface area contributed by atoms with Crippen molar-refractivity contribution in [2.75, 3.05) is 10.2 Å². The van der Waals surface area contributed by atoms with Gasteiger partial charge in [-0.25, -0.2) is 29.9 Å². The zero-order valence-corrected chi connectivity index (χ0v) is 16.3. The highest BCUT2D eigenvalue weighted by Gasteiger charge is 2.28. The fourth-order valence-corrected chi connectivity index (χ4v) is 3.99. The summed E-state index contributed by atoms with van der Waals surface area (Å²) in [5.41, 5.74) is 15.5. The highest BCUT2D eigenvalue weighted by Crippen LogP contribution is 2.39. The number of hydrogen-bond acceptors (Lipinski definition) is 11. The van der Waals surface area contributed by atoms with Gasteiger partial charge in [-0.1, -0.05) is 18.2 Å². The number of H-pyrrole nitrogens is 1. The zero-order valence-electron chi connectivity index (χ0n) is 14.7. The van der Waals surface area contributed by atoms with Gasteiger partial charge in [0.2, 0.25) is 10.0 Å². The summed E-state index contributed by atoms with van der Waals surface area (Å²) < 4.78 is 24.6. The van der Waals surface area contributed by atoms with E-state index in [1.54, 1.807) is 18.2 Å². The number of benzene rings is 2. The first-order valence-electron chi connectivity index (χ1n) is 7.78. The highest BCUT2D eigenvalue weighted by molar-refractivity contribution is 7.98. The molecule has 0 aliphatic rings. The third-order valence-corrected chi connectivity index (χ3v) is 5.33. The Morgan fingerprint density at radius 1 is 1.28 bits per heavy atom. The second-order valence-corrected chi connectivity index (χ2v) is 7.79. The van der Waals surface area contributed by atoms with Crippen LogP contribution in [0.25, 0.3) is 22.2 Å². The maximum Gasteiger partial charge on any atom is 0.240 e. The summed E-state index contributed by atoms with van der Waals surface area (Å²) in [5.74, 6) is 5.17. The molecule has 0 atom stereocenters. The third-order valence-electron chi connectivity index (χ3n) is 4.00. The Morgan fingerprint density at radius 2 is 2.00 bits per heavy atom. The maximum atomic E-state index is 12.1. The fourth-order valence-electron chi connectivity index (χ4n) is 2.92. The van der Waals surface area contributed by atoms with Crippen LogP contribution in [0.2, 0.25) is 0 Å². The van der Waals surface area contributed by atoms with Gasteiger partial charge in [0, 0.05) is 5.56 Å². The first kappa shape index (κ1) is 20.6. The number of aromatic nitrogens is 2. The summed E-state index contributed by atoms with van der Waals surface area (Å²) in [6, 6.07) is 7.86. The van der Waals surface area contributed by atoms with Crippen LogP contribution in [0.3, 0.4) is 0 Å². The lowest BCUT2D eigenvalue weighted by Gasteiger charge is -2.22. The quantitative estimate of drug-likeness (QED) is 0.0783. The number of imidazole rings is 1. The van der Waals surface area contributed by atoms with E-state index in [0.29, 0.717) is 38.8 Å². The molecule has 0 amide bonds. The molecule has 2 aromatic carbocycles. The molecule has 1 aromatic heterocycles. The van der Waals surface area contributed by atoms with E-state index in [0.717, 1.165) is 0 Å². The molecule has 0 aliphatic heterocycles. The highest BCUT2D eigenvalue weighted by atomic mass is 32.2. The molecular weight excluding hydrogens is 420 g/mol. The number of fused-ring (bicyclic) bond motifs is 1. The van der Waals surface area contributed by atoms with Gasteiger partial charge < -0.3 is 16.5 Å². The van der Waals surface area contributed by atoms with Gasteiger partial charge in [-0.05, 0) is 17.7 Å². The Morgan fingerprint density at radius 3 is 2.62 bits per heavy atom. The smallest absolute Gasteiger partial charge is 0.240 e. The lowest BCUT2D eigenvalue weighted by atomic mass is 9.96. The topological polar surface area (TPSA) is 241 Å². The van der Waals surface area contributed by atoms with Gasteiger partial charge in [0.15, 0.2) is 11.8 Å². The van der Waals surface area contributed by atoms with Crippen LogP contribution in [0.5, 0.6) is 0 Å². The molecule has 0 aliphatic carbocycles. The molecule has 0 saturated heterocycles. The van der Waals surface area contributed by atoms with E-state index in [2.05, 4.69) is 15.1 Å². The number of nitrogens with two attached hydrogens (primary N) is 5. The van der Waals surface area contributed by atoms with Crippen LogP contribution in [-0.4, -0.2) is 29.4 Å². The monoisotopic (exact) mass is 438 g/mol. The molecule has 154 valence electrons. The molecule has 13 N–H and O–H groups in total. The maximum absolute atomic E-state index is 12.1. The van der Waals surface area contributed by atoms with Crippen LogP contribution in [0.4, 0.5) is 11.6 Å². The van der Waals surface area contributed by atoms with Crippen molar-refractivity contribution in [2.45, 2.75) is 4.90 Å². The molecule has 15 heteroatoms. The predicted octanol–water partition coefficient (Wildman–Crippen LogP) is -0.739. The number of hydrogen-bond donors (Lipinski definition) is 8. The van der Waals surface area contributed by atoms with Gasteiger partial charge in [-0.2, -0.15) is 4.47 Å².